The van der Waals surface area contributed by atoms with E-state index < -0.39 is 0 Å². The van der Waals surface area contributed by atoms with Gasteiger partial charge >= 0.3 is 0 Å². The summed E-state index contributed by atoms with van der Waals surface area (Å²) in [5, 5.41) is 3.36. The molecule has 1 atom stereocenters. The fourth-order valence-corrected chi connectivity index (χ4v) is 2.25. The first-order chi connectivity index (χ1) is 9.67. The molecule has 7 heteroatoms. The number of nitrogens with one attached hydrogen (secondary N) is 1. The van der Waals surface area contributed by atoms with Crippen LogP contribution in [0.2, 0.25) is 0 Å². The first-order valence-corrected chi connectivity index (χ1v) is 6.86. The molecular formula is C13H23N5O2. The van der Waals surface area contributed by atoms with E-state index in [0.29, 0.717) is 18.2 Å². The Labute approximate surface area is 119 Å². The van der Waals surface area contributed by atoms with Crippen LogP contribution in [-0.2, 0) is 16.1 Å². The van der Waals surface area contributed by atoms with Crippen LogP contribution in [0.1, 0.15) is 12.7 Å². The zero-order valence-electron chi connectivity index (χ0n) is 12.1. The van der Waals surface area contributed by atoms with Crippen molar-refractivity contribution in [3.8, 4) is 0 Å². The van der Waals surface area contributed by atoms with Crippen molar-refractivity contribution >= 4 is 11.6 Å². The van der Waals surface area contributed by atoms with E-state index in [1.54, 1.807) is 13.2 Å². The standard InChI is InChI=1S/C13H23N5O2/c1-10(8-18-3-5-20-6-4-18)15-12-7-11(14)16-13(17-12)9-19-2/h7,10H,3-6,8-9H2,1-2H3,(H3,14,15,16,17). The second kappa shape index (κ2) is 7.37. The van der Waals surface area contributed by atoms with Gasteiger partial charge in [-0.25, -0.2) is 9.97 Å². The molecule has 0 bridgehead atoms. The summed E-state index contributed by atoms with van der Waals surface area (Å²) in [6, 6.07) is 2.02. The Hall–Kier alpha value is -1.44. The van der Waals surface area contributed by atoms with Crippen LogP contribution in [0.3, 0.4) is 0 Å². The molecule has 1 aliphatic heterocycles. The van der Waals surface area contributed by atoms with Crippen molar-refractivity contribution in [1.29, 1.82) is 0 Å². The maximum atomic E-state index is 5.78. The summed E-state index contributed by atoms with van der Waals surface area (Å²) in [6.07, 6.45) is 0. The normalized spacial score (nSPS) is 17.9. The monoisotopic (exact) mass is 281 g/mol. The van der Waals surface area contributed by atoms with E-state index >= 15 is 0 Å². The second-order valence-corrected chi connectivity index (χ2v) is 4.99. The van der Waals surface area contributed by atoms with Gasteiger partial charge in [-0.05, 0) is 6.92 Å². The number of nitrogens with two attached hydrogens (primary N) is 1. The number of aromatic nitrogens is 2. The number of hydrogen-bond donors (Lipinski definition) is 2. The number of morpholine rings is 1. The molecule has 0 radical (unpaired) electrons. The molecule has 0 aliphatic carbocycles. The fraction of sp³-hybridized carbons (Fsp3) is 0.692. The van der Waals surface area contributed by atoms with Gasteiger partial charge in [0.2, 0.25) is 0 Å². The van der Waals surface area contributed by atoms with Crippen molar-refractivity contribution in [1.82, 2.24) is 14.9 Å². The van der Waals surface area contributed by atoms with Crippen molar-refractivity contribution in [2.24, 2.45) is 0 Å². The lowest BCUT2D eigenvalue weighted by Crippen LogP contribution is -2.42. The van der Waals surface area contributed by atoms with Crippen LogP contribution in [-0.4, -0.2) is 60.9 Å². The predicted octanol–water partition coefficient (Wildman–Crippen LogP) is 0.338. The highest BCUT2D eigenvalue weighted by Crippen LogP contribution is 2.11. The van der Waals surface area contributed by atoms with Gasteiger partial charge in [-0.15, -0.1) is 0 Å². The maximum Gasteiger partial charge on any atom is 0.158 e. The van der Waals surface area contributed by atoms with Crippen LogP contribution < -0.4 is 11.1 Å². The summed E-state index contributed by atoms with van der Waals surface area (Å²) in [7, 11) is 1.61. The van der Waals surface area contributed by atoms with Crippen LogP contribution >= 0.6 is 0 Å². The Kier molecular flexibility index (Phi) is 5.51. The number of hydrogen-bond acceptors (Lipinski definition) is 7. The fourth-order valence-electron chi connectivity index (χ4n) is 2.25. The molecule has 2 rings (SSSR count). The van der Waals surface area contributed by atoms with Gasteiger partial charge in [0, 0.05) is 38.9 Å². The van der Waals surface area contributed by atoms with Crippen molar-refractivity contribution in [2.45, 2.75) is 19.6 Å². The summed E-state index contributed by atoms with van der Waals surface area (Å²) < 4.78 is 10.4. The van der Waals surface area contributed by atoms with Gasteiger partial charge in [0.05, 0.1) is 13.2 Å². The first-order valence-electron chi connectivity index (χ1n) is 6.86. The number of anilines is 2. The van der Waals surface area contributed by atoms with Crippen molar-refractivity contribution in [2.75, 3.05) is 51.0 Å². The third-order valence-corrected chi connectivity index (χ3v) is 3.10. The third-order valence-electron chi connectivity index (χ3n) is 3.10. The number of methoxy groups -OCH3 is 1. The average Bonchev–Trinajstić information content (AvgIpc) is 2.39. The summed E-state index contributed by atoms with van der Waals surface area (Å²) in [4.78, 5) is 10.9. The minimum absolute atomic E-state index is 0.276. The molecule has 1 aromatic heterocycles. The smallest absolute Gasteiger partial charge is 0.158 e. The highest BCUT2D eigenvalue weighted by atomic mass is 16.5. The number of nitrogens with zero attached hydrogens (tertiary/aromatic N) is 3. The van der Waals surface area contributed by atoms with E-state index in [1.807, 2.05) is 0 Å². The summed E-state index contributed by atoms with van der Waals surface area (Å²) in [6.45, 7) is 7.02. The topological polar surface area (TPSA) is 85.5 Å². The Morgan fingerprint density at radius 1 is 1.45 bits per heavy atom. The molecule has 3 N–H and O–H groups in total. The number of nitrogen functional groups attached to an aromatic ring is 1. The maximum absolute atomic E-state index is 5.78. The van der Waals surface area contributed by atoms with Crippen LogP contribution in [0.15, 0.2) is 6.07 Å². The molecular weight excluding hydrogens is 258 g/mol. The molecule has 7 nitrogen and oxygen atoms in total. The lowest BCUT2D eigenvalue weighted by Gasteiger charge is -2.29. The molecule has 20 heavy (non-hydrogen) atoms. The van der Waals surface area contributed by atoms with Crippen LogP contribution in [0.25, 0.3) is 0 Å². The zero-order chi connectivity index (χ0) is 14.4. The SMILES string of the molecule is COCc1nc(N)cc(NC(C)CN2CCOCC2)n1. The number of rotatable bonds is 6. The minimum atomic E-state index is 0.276. The van der Waals surface area contributed by atoms with E-state index in [2.05, 4.69) is 27.1 Å². The van der Waals surface area contributed by atoms with E-state index in [4.69, 9.17) is 15.2 Å². The van der Waals surface area contributed by atoms with E-state index in [1.165, 1.54) is 0 Å². The van der Waals surface area contributed by atoms with Crippen molar-refractivity contribution < 1.29 is 9.47 Å². The van der Waals surface area contributed by atoms with Crippen molar-refractivity contribution in [3.05, 3.63) is 11.9 Å². The molecule has 1 aromatic rings. The van der Waals surface area contributed by atoms with Gasteiger partial charge in [0.25, 0.3) is 0 Å². The van der Waals surface area contributed by atoms with Gasteiger partial charge in [-0.2, -0.15) is 0 Å². The van der Waals surface area contributed by atoms with E-state index in [-0.39, 0.29) is 6.04 Å². The number of ether oxygens (including phenoxy) is 2. The largest absolute Gasteiger partial charge is 0.384 e. The summed E-state index contributed by atoms with van der Waals surface area (Å²) >= 11 is 0. The molecule has 1 saturated heterocycles. The molecule has 1 aliphatic rings. The minimum Gasteiger partial charge on any atom is -0.384 e. The molecule has 1 unspecified atom stereocenters. The van der Waals surface area contributed by atoms with E-state index in [9.17, 15) is 0 Å². The zero-order valence-corrected chi connectivity index (χ0v) is 12.1. The van der Waals surface area contributed by atoms with Crippen LogP contribution in [0.4, 0.5) is 11.6 Å². The van der Waals surface area contributed by atoms with E-state index in [0.717, 1.165) is 38.7 Å². The third kappa shape index (κ3) is 4.59. The molecule has 2 heterocycles. The Morgan fingerprint density at radius 2 is 2.20 bits per heavy atom. The van der Waals surface area contributed by atoms with Gasteiger partial charge in [0.15, 0.2) is 5.82 Å². The Bertz CT molecular complexity index is 423. The van der Waals surface area contributed by atoms with Gasteiger partial charge in [0.1, 0.15) is 18.2 Å². The van der Waals surface area contributed by atoms with Gasteiger partial charge < -0.3 is 20.5 Å². The van der Waals surface area contributed by atoms with Crippen LogP contribution in [0, 0.1) is 0 Å². The summed E-state index contributed by atoms with van der Waals surface area (Å²) in [5.74, 6) is 1.78. The van der Waals surface area contributed by atoms with Crippen LogP contribution in [0.5, 0.6) is 0 Å². The molecule has 112 valence electrons. The molecule has 1 fully saturated rings. The quantitative estimate of drug-likeness (QED) is 0.777. The summed E-state index contributed by atoms with van der Waals surface area (Å²) in [5.41, 5.74) is 5.78. The average molecular weight is 281 g/mol. The first kappa shape index (κ1) is 15.0. The molecule has 0 saturated carbocycles. The molecule has 0 aromatic carbocycles. The molecule has 0 amide bonds. The van der Waals surface area contributed by atoms with Crippen molar-refractivity contribution in [3.63, 3.8) is 0 Å². The lowest BCUT2D eigenvalue weighted by molar-refractivity contribution is 0.0368. The lowest BCUT2D eigenvalue weighted by atomic mass is 10.3. The van der Waals surface area contributed by atoms with Gasteiger partial charge in [-0.1, -0.05) is 0 Å². The highest BCUT2D eigenvalue weighted by Gasteiger charge is 2.14. The Balaban J connectivity index is 1.90. The molecule has 0 spiro atoms. The predicted molar refractivity (Wildman–Crippen MR) is 77.5 cm³/mol. The Morgan fingerprint density at radius 3 is 2.90 bits per heavy atom. The highest BCUT2D eigenvalue weighted by molar-refractivity contribution is 5.45. The second-order valence-electron chi connectivity index (χ2n) is 4.99. The van der Waals surface area contributed by atoms with Gasteiger partial charge in [-0.3, -0.25) is 4.90 Å².